The molecule has 0 spiro atoms. The van der Waals surface area contributed by atoms with Gasteiger partial charge in [-0.05, 0) is 31.2 Å². The van der Waals surface area contributed by atoms with Crippen LogP contribution in [0.5, 0.6) is 0 Å². The summed E-state index contributed by atoms with van der Waals surface area (Å²) in [5.74, 6) is 0.767. The summed E-state index contributed by atoms with van der Waals surface area (Å²) in [5.41, 5.74) is 2.06. The third-order valence-electron chi connectivity index (χ3n) is 2.06. The van der Waals surface area contributed by atoms with E-state index in [1.807, 2.05) is 43.3 Å². The Morgan fingerprint density at radius 2 is 1.94 bits per heavy atom. The molecular weight excluding hydrogens is 200 g/mol. The highest BCUT2D eigenvalue weighted by atomic mass is 16.3. The van der Waals surface area contributed by atoms with Crippen LogP contribution in [-0.2, 0) is 0 Å². The predicted molar refractivity (Wildman–Crippen MR) is 63.4 cm³/mol. The van der Waals surface area contributed by atoms with Crippen LogP contribution < -0.4 is 0 Å². The van der Waals surface area contributed by atoms with E-state index in [0.29, 0.717) is 0 Å². The topological polar surface area (TPSA) is 37.9 Å². The third-order valence-corrected chi connectivity index (χ3v) is 2.06. The molecule has 0 atom stereocenters. The fraction of sp³-hybridized carbons (Fsp3) is 0.0769. The number of rotatable bonds is 3. The Labute approximate surface area is 94.1 Å². The summed E-state index contributed by atoms with van der Waals surface area (Å²) < 4.78 is 5.11. The van der Waals surface area contributed by atoms with Crippen molar-refractivity contribution in [3.8, 4) is 0 Å². The maximum Gasteiger partial charge on any atom is 0.128 e. The molecular formula is C13H12N2O. The number of hydrogen-bond acceptors (Lipinski definition) is 3. The van der Waals surface area contributed by atoms with Crippen LogP contribution in [0.3, 0.4) is 0 Å². The lowest BCUT2D eigenvalue weighted by atomic mass is 10.2. The Balaban J connectivity index is 1.97. The Hall–Kier alpha value is -2.16. The molecule has 0 aliphatic carbocycles. The first kappa shape index (κ1) is 10.4. The Bertz CT molecular complexity index is 481. The zero-order valence-corrected chi connectivity index (χ0v) is 9.00. The summed E-state index contributed by atoms with van der Waals surface area (Å²) in [7, 11) is 0. The maximum atomic E-state index is 5.11. The van der Waals surface area contributed by atoms with Crippen LogP contribution in [0.1, 0.15) is 11.3 Å². The fourth-order valence-electron chi connectivity index (χ4n) is 1.20. The zero-order chi connectivity index (χ0) is 11.2. The summed E-state index contributed by atoms with van der Waals surface area (Å²) in [5, 5.41) is 7.97. The van der Waals surface area contributed by atoms with Crippen molar-refractivity contribution < 1.29 is 4.42 Å². The van der Waals surface area contributed by atoms with Gasteiger partial charge in [0.1, 0.15) is 5.76 Å². The van der Waals surface area contributed by atoms with E-state index >= 15 is 0 Å². The second kappa shape index (κ2) is 5.07. The minimum atomic E-state index is 0.767. The van der Waals surface area contributed by atoms with Crippen molar-refractivity contribution in [1.82, 2.24) is 0 Å². The Morgan fingerprint density at radius 3 is 2.62 bits per heavy atom. The lowest BCUT2D eigenvalue weighted by Crippen LogP contribution is -1.67. The summed E-state index contributed by atoms with van der Waals surface area (Å²) in [4.78, 5) is 0. The van der Waals surface area contributed by atoms with Gasteiger partial charge in [0.25, 0.3) is 0 Å². The van der Waals surface area contributed by atoms with Gasteiger partial charge in [0.15, 0.2) is 0 Å². The van der Waals surface area contributed by atoms with Crippen molar-refractivity contribution in [1.29, 1.82) is 0 Å². The van der Waals surface area contributed by atoms with Crippen molar-refractivity contribution in [2.45, 2.75) is 6.92 Å². The second-order valence-corrected chi connectivity index (χ2v) is 3.38. The van der Waals surface area contributed by atoms with E-state index in [2.05, 4.69) is 10.2 Å². The first-order valence-corrected chi connectivity index (χ1v) is 5.02. The number of azo groups is 1. The van der Waals surface area contributed by atoms with Crippen molar-refractivity contribution in [2.75, 3.05) is 0 Å². The van der Waals surface area contributed by atoms with Gasteiger partial charge < -0.3 is 4.42 Å². The van der Waals surface area contributed by atoms with E-state index in [1.54, 1.807) is 18.5 Å². The molecule has 3 heteroatoms. The van der Waals surface area contributed by atoms with Crippen LogP contribution in [0.15, 0.2) is 63.5 Å². The van der Waals surface area contributed by atoms with Crippen molar-refractivity contribution in [3.05, 3.63) is 60.2 Å². The molecule has 1 aromatic carbocycles. The van der Waals surface area contributed by atoms with E-state index in [1.165, 1.54) is 5.56 Å². The number of aryl methyl sites for hydroxylation is 1. The van der Waals surface area contributed by atoms with Crippen LogP contribution >= 0.6 is 0 Å². The molecule has 0 amide bonds. The minimum Gasteiger partial charge on any atom is -0.465 e. The highest BCUT2D eigenvalue weighted by Gasteiger charge is 1.87. The molecule has 0 radical (unpaired) electrons. The predicted octanol–water partition coefficient (Wildman–Crippen LogP) is 4.34. The molecule has 0 N–H and O–H groups in total. The normalized spacial score (nSPS) is 11.6. The largest absolute Gasteiger partial charge is 0.465 e. The molecule has 3 nitrogen and oxygen atoms in total. The molecule has 1 aromatic heterocycles. The first-order valence-electron chi connectivity index (χ1n) is 5.02. The molecule has 0 unspecified atom stereocenters. The molecule has 0 fully saturated rings. The molecule has 1 heterocycles. The summed E-state index contributed by atoms with van der Waals surface area (Å²) in [6, 6.07) is 11.6. The summed E-state index contributed by atoms with van der Waals surface area (Å²) in [6.45, 7) is 2.04. The van der Waals surface area contributed by atoms with Crippen LogP contribution in [0.25, 0.3) is 6.08 Å². The van der Waals surface area contributed by atoms with Gasteiger partial charge >= 0.3 is 0 Å². The second-order valence-electron chi connectivity index (χ2n) is 3.38. The average molecular weight is 212 g/mol. The smallest absolute Gasteiger partial charge is 0.128 e. The van der Waals surface area contributed by atoms with Crippen LogP contribution in [0.2, 0.25) is 0 Å². The molecule has 0 saturated carbocycles. The molecule has 16 heavy (non-hydrogen) atoms. The van der Waals surface area contributed by atoms with Crippen LogP contribution in [-0.4, -0.2) is 0 Å². The van der Waals surface area contributed by atoms with Gasteiger partial charge in [-0.3, -0.25) is 0 Å². The van der Waals surface area contributed by atoms with Crippen molar-refractivity contribution in [2.24, 2.45) is 10.2 Å². The van der Waals surface area contributed by atoms with Gasteiger partial charge in [0.2, 0.25) is 0 Å². The van der Waals surface area contributed by atoms with Gasteiger partial charge in [0, 0.05) is 6.08 Å². The van der Waals surface area contributed by atoms with Crippen molar-refractivity contribution in [3.63, 3.8) is 0 Å². The maximum absolute atomic E-state index is 5.11. The number of furan rings is 1. The molecule has 0 aliphatic heterocycles. The van der Waals surface area contributed by atoms with Crippen molar-refractivity contribution >= 4 is 11.8 Å². The molecule has 0 aliphatic rings. The number of hydrogen-bond donors (Lipinski definition) is 0. The highest BCUT2D eigenvalue weighted by molar-refractivity contribution is 5.42. The Kier molecular flexibility index (Phi) is 3.28. The number of nitrogens with zero attached hydrogens (tertiary/aromatic N) is 2. The lowest BCUT2D eigenvalue weighted by Gasteiger charge is -1.91. The van der Waals surface area contributed by atoms with Gasteiger partial charge in [0.05, 0.1) is 18.2 Å². The molecule has 0 bridgehead atoms. The molecule has 2 aromatic rings. The SMILES string of the molecule is Cc1ccc(N=N/C=C/c2ccco2)cc1. The summed E-state index contributed by atoms with van der Waals surface area (Å²) in [6.07, 6.45) is 4.99. The van der Waals surface area contributed by atoms with Crippen LogP contribution in [0, 0.1) is 6.92 Å². The monoisotopic (exact) mass is 212 g/mol. The average Bonchev–Trinajstić information content (AvgIpc) is 2.80. The van der Waals surface area contributed by atoms with Crippen LogP contribution in [0.4, 0.5) is 5.69 Å². The van der Waals surface area contributed by atoms with E-state index < -0.39 is 0 Å². The van der Waals surface area contributed by atoms with Gasteiger partial charge in [-0.2, -0.15) is 10.2 Å². The van der Waals surface area contributed by atoms with E-state index in [-0.39, 0.29) is 0 Å². The van der Waals surface area contributed by atoms with E-state index in [0.717, 1.165) is 11.4 Å². The molecule has 2 rings (SSSR count). The Morgan fingerprint density at radius 1 is 1.12 bits per heavy atom. The van der Waals surface area contributed by atoms with E-state index in [9.17, 15) is 0 Å². The quantitative estimate of drug-likeness (QED) is 0.697. The number of benzene rings is 1. The zero-order valence-electron chi connectivity index (χ0n) is 9.00. The minimum absolute atomic E-state index is 0.767. The van der Waals surface area contributed by atoms with Gasteiger partial charge in [-0.15, -0.1) is 0 Å². The third kappa shape index (κ3) is 2.92. The molecule has 0 saturated heterocycles. The summed E-state index contributed by atoms with van der Waals surface area (Å²) >= 11 is 0. The van der Waals surface area contributed by atoms with E-state index in [4.69, 9.17) is 4.42 Å². The standard InChI is InChI=1S/C13H12N2O/c1-11-4-6-12(7-5-11)15-14-9-8-13-3-2-10-16-13/h2-10H,1H3/b9-8+,15-14?. The molecule has 80 valence electrons. The highest BCUT2D eigenvalue weighted by Crippen LogP contribution is 2.13. The van der Waals surface area contributed by atoms with Gasteiger partial charge in [-0.25, -0.2) is 0 Å². The van der Waals surface area contributed by atoms with Gasteiger partial charge in [-0.1, -0.05) is 17.7 Å². The first-order chi connectivity index (χ1) is 7.84. The lowest BCUT2D eigenvalue weighted by molar-refractivity contribution is 0.557. The fourth-order valence-corrected chi connectivity index (χ4v) is 1.20.